The van der Waals surface area contributed by atoms with Gasteiger partial charge in [0.15, 0.2) is 31.3 Å². The normalized spacial score (nSPS) is 12.3. The Balaban J connectivity index is 1.44. The van der Waals surface area contributed by atoms with Crippen molar-refractivity contribution in [2.75, 3.05) is 0 Å². The predicted molar refractivity (Wildman–Crippen MR) is 152 cm³/mol. The average molecular weight is 629 g/mol. The van der Waals surface area contributed by atoms with Crippen LogP contribution in [0.1, 0.15) is 27.1 Å². The molecule has 6 rings (SSSR count). The first kappa shape index (κ1) is 29.0. The van der Waals surface area contributed by atoms with E-state index in [2.05, 4.69) is 16.7 Å². The van der Waals surface area contributed by atoms with Gasteiger partial charge in [0.05, 0.1) is 21.4 Å². The van der Waals surface area contributed by atoms with E-state index in [9.17, 15) is 26.3 Å². The van der Waals surface area contributed by atoms with Crippen molar-refractivity contribution in [3.05, 3.63) is 130 Å². The Morgan fingerprint density at radius 1 is 0.698 bits per heavy atom. The smallest absolute Gasteiger partial charge is 0.196 e. The molecule has 11 heteroatoms. The maximum absolute atomic E-state index is 13.8. The number of halogens is 6. The molecule has 4 aromatic heterocycles. The number of rotatable bonds is 6. The van der Waals surface area contributed by atoms with E-state index in [1.807, 2.05) is 54.0 Å². The van der Waals surface area contributed by atoms with E-state index in [0.717, 1.165) is 46.5 Å². The number of thiazole rings is 2. The second-order valence-electron chi connectivity index (χ2n) is 10.1. The van der Waals surface area contributed by atoms with Gasteiger partial charge in [-0.2, -0.15) is 35.5 Å². The molecule has 43 heavy (non-hydrogen) atoms. The molecule has 3 nitrogen and oxygen atoms in total. The van der Waals surface area contributed by atoms with Crippen LogP contribution in [0.25, 0.3) is 26.7 Å². The van der Waals surface area contributed by atoms with Gasteiger partial charge >= 0.3 is 16.5 Å². The highest BCUT2D eigenvalue weighted by Crippen LogP contribution is 2.34. The molecule has 0 aliphatic heterocycles. The molecule has 0 unspecified atom stereocenters. The number of nitrogens with zero attached hydrogens (tertiary/aromatic N) is 3. The summed E-state index contributed by atoms with van der Waals surface area (Å²) < 4.78 is 88.4. The quantitative estimate of drug-likeness (QED) is 0.133. The molecule has 0 aliphatic carbocycles. The second-order valence-corrected chi connectivity index (χ2v) is 12.4. The van der Waals surface area contributed by atoms with E-state index >= 15 is 0 Å². The van der Waals surface area contributed by atoms with E-state index in [4.69, 9.17) is 0 Å². The zero-order chi connectivity index (χ0) is 30.4. The summed E-state index contributed by atoms with van der Waals surface area (Å²) in [6.07, 6.45) is -2.00. The van der Waals surface area contributed by atoms with Crippen LogP contribution in [0.15, 0.2) is 103 Å². The van der Waals surface area contributed by atoms with Crippen molar-refractivity contribution in [1.29, 1.82) is 0 Å². The third-order valence-corrected chi connectivity index (χ3v) is 9.34. The first-order valence-electron chi connectivity index (χ1n) is 13.2. The summed E-state index contributed by atoms with van der Waals surface area (Å²) in [6, 6.07) is 19.2. The molecule has 0 spiro atoms. The summed E-state index contributed by atoms with van der Waals surface area (Å²) in [5, 5.41) is 2.03. The van der Waals surface area contributed by atoms with E-state index < -0.39 is 23.5 Å². The van der Waals surface area contributed by atoms with E-state index in [1.165, 1.54) is 33.0 Å². The molecule has 2 aromatic carbocycles. The van der Waals surface area contributed by atoms with Gasteiger partial charge in [0.2, 0.25) is 0 Å². The molecule has 0 saturated carbocycles. The zero-order valence-electron chi connectivity index (χ0n) is 22.7. The first-order valence-corrected chi connectivity index (χ1v) is 14.9. The fourth-order valence-electron chi connectivity index (χ4n) is 5.12. The third kappa shape index (κ3) is 6.05. The summed E-state index contributed by atoms with van der Waals surface area (Å²) in [5.41, 5.74) is 1.93. The molecule has 0 fully saturated rings. The van der Waals surface area contributed by atoms with Crippen molar-refractivity contribution in [2.45, 2.75) is 25.3 Å². The maximum atomic E-state index is 13.8. The fraction of sp³-hybridized carbons (Fsp3) is 0.156. The molecule has 0 radical (unpaired) electrons. The van der Waals surface area contributed by atoms with Gasteiger partial charge < -0.3 is 0 Å². The van der Waals surface area contributed by atoms with Gasteiger partial charge in [-0.3, -0.25) is 0 Å². The number of hydrogen-bond donors (Lipinski definition) is 0. The molecule has 0 atom stereocenters. The van der Waals surface area contributed by atoms with Crippen molar-refractivity contribution in [2.24, 2.45) is 7.05 Å². The maximum Gasteiger partial charge on any atom is 0.416 e. The Hall–Kier alpha value is -4.09. The van der Waals surface area contributed by atoms with Gasteiger partial charge in [-0.1, -0.05) is 71.2 Å². The molecule has 0 amide bonds. The third-order valence-electron chi connectivity index (χ3n) is 7.24. The van der Waals surface area contributed by atoms with Crippen molar-refractivity contribution in [3.63, 3.8) is 0 Å². The lowest BCUT2D eigenvalue weighted by atomic mass is 9.93. The molecule has 4 heterocycles. The number of aryl methyl sites for hydroxylation is 1. The standard InChI is InChI=1S/C32H24F6N3S2/c1-39-12-10-23(31(33,34)35)17-28(39)29-18-24(32(36,37)38)11-13-40(29)19-22-7-3-5-9-27(22)26-8-4-2-6-21(26)16-25-20-41-14-15-42-30(41)43-25/h2-15,17-18,20H,16,19H2,1H3/q+3. The molecule has 0 saturated heterocycles. The lowest BCUT2D eigenvalue weighted by Crippen LogP contribution is -2.42. The second kappa shape index (κ2) is 11.2. The fourth-order valence-corrected chi connectivity index (χ4v) is 7.18. The molecule has 0 aliphatic rings. The van der Waals surface area contributed by atoms with Crippen molar-refractivity contribution in [3.8, 4) is 22.5 Å². The van der Waals surface area contributed by atoms with Crippen molar-refractivity contribution >= 4 is 26.8 Å². The van der Waals surface area contributed by atoms with Crippen LogP contribution < -0.4 is 13.5 Å². The van der Waals surface area contributed by atoms with Crippen LogP contribution in [0.3, 0.4) is 0 Å². The van der Waals surface area contributed by atoms with E-state index in [1.54, 1.807) is 27.2 Å². The molecule has 6 aromatic rings. The van der Waals surface area contributed by atoms with Gasteiger partial charge in [-0.05, 0) is 16.7 Å². The van der Waals surface area contributed by atoms with E-state index in [0.29, 0.717) is 6.42 Å². The minimum Gasteiger partial charge on any atom is -0.196 e. The highest BCUT2D eigenvalue weighted by molar-refractivity contribution is 7.34. The van der Waals surface area contributed by atoms with Crippen LogP contribution in [0.4, 0.5) is 26.3 Å². The minimum absolute atomic E-state index is 0.00831. The lowest BCUT2D eigenvalue weighted by molar-refractivity contribution is -0.699. The van der Waals surface area contributed by atoms with Gasteiger partial charge in [0.25, 0.3) is 11.4 Å². The van der Waals surface area contributed by atoms with Crippen LogP contribution in [0.5, 0.6) is 0 Å². The first-order chi connectivity index (χ1) is 20.5. The van der Waals surface area contributed by atoms with Crippen LogP contribution >= 0.6 is 22.7 Å². The number of aromatic nitrogens is 3. The lowest BCUT2D eigenvalue weighted by Gasteiger charge is -2.14. The summed E-state index contributed by atoms with van der Waals surface area (Å²) in [5.74, 6) is 0. The predicted octanol–water partition coefficient (Wildman–Crippen LogP) is 7.67. The van der Waals surface area contributed by atoms with E-state index in [-0.39, 0.29) is 17.9 Å². The minimum atomic E-state index is -4.67. The van der Waals surface area contributed by atoms with Gasteiger partial charge in [-0.15, -0.1) is 4.40 Å². The Labute approximate surface area is 251 Å². The zero-order valence-corrected chi connectivity index (χ0v) is 24.3. The molecule has 218 valence electrons. The molecule has 0 bridgehead atoms. The Kier molecular flexibility index (Phi) is 7.55. The Morgan fingerprint density at radius 3 is 1.98 bits per heavy atom. The SMILES string of the molecule is C[n+]1ccc(C(F)(F)F)cc1-c1cc(C(F)(F)F)cc[n+]1Cc1ccccc1-c1ccccc1Cc1c[n+]2ccsc2s1. The van der Waals surface area contributed by atoms with Crippen molar-refractivity contribution in [1.82, 2.24) is 0 Å². The number of benzene rings is 2. The Morgan fingerprint density at radius 2 is 1.30 bits per heavy atom. The van der Waals surface area contributed by atoms with Crippen LogP contribution in [0, 0.1) is 0 Å². The number of pyridine rings is 2. The average Bonchev–Trinajstić information content (AvgIpc) is 3.55. The van der Waals surface area contributed by atoms with Crippen LogP contribution in [-0.2, 0) is 32.4 Å². The molecular formula is C32H24F6N3S2+3. The van der Waals surface area contributed by atoms with Gasteiger partial charge in [0, 0.05) is 36.2 Å². The van der Waals surface area contributed by atoms with Gasteiger partial charge in [0.1, 0.15) is 7.05 Å². The number of fused-ring (bicyclic) bond motifs is 1. The summed E-state index contributed by atoms with van der Waals surface area (Å²) in [6.45, 7) is 0.138. The van der Waals surface area contributed by atoms with Gasteiger partial charge in [-0.25, -0.2) is 0 Å². The number of alkyl halides is 6. The summed E-state index contributed by atoms with van der Waals surface area (Å²) in [4.78, 5) is 1.19. The van der Waals surface area contributed by atoms with Crippen LogP contribution in [-0.4, -0.2) is 0 Å². The molecule has 0 N–H and O–H groups in total. The molecular weight excluding hydrogens is 604 g/mol. The number of hydrogen-bond acceptors (Lipinski definition) is 2. The highest BCUT2D eigenvalue weighted by atomic mass is 32.2. The monoisotopic (exact) mass is 628 g/mol. The van der Waals surface area contributed by atoms with Crippen LogP contribution in [0.2, 0.25) is 0 Å². The summed E-state index contributed by atoms with van der Waals surface area (Å²) in [7, 11) is 1.51. The highest BCUT2D eigenvalue weighted by Gasteiger charge is 2.37. The van der Waals surface area contributed by atoms with Crippen molar-refractivity contribution < 1.29 is 39.9 Å². The summed E-state index contributed by atoms with van der Waals surface area (Å²) >= 11 is 3.39. The largest absolute Gasteiger partial charge is 0.416 e. The topological polar surface area (TPSA) is 11.9 Å². The Bertz CT molecular complexity index is 1910.